The predicted molar refractivity (Wildman–Crippen MR) is 71.5 cm³/mol. The van der Waals surface area contributed by atoms with Gasteiger partial charge in [0, 0.05) is 17.7 Å². The number of piperidine rings is 1. The molecular formula is C14H18N2O3. The summed E-state index contributed by atoms with van der Waals surface area (Å²) in [5.41, 5.74) is 1.80. The fourth-order valence-corrected chi connectivity index (χ4v) is 2.50. The second-order valence-electron chi connectivity index (χ2n) is 5.03. The van der Waals surface area contributed by atoms with Crippen LogP contribution in [-0.4, -0.2) is 25.8 Å². The van der Waals surface area contributed by atoms with E-state index in [4.69, 9.17) is 9.47 Å². The summed E-state index contributed by atoms with van der Waals surface area (Å²) in [6, 6.07) is 3.75. The van der Waals surface area contributed by atoms with Crippen LogP contribution in [0.5, 0.6) is 11.5 Å². The van der Waals surface area contributed by atoms with Gasteiger partial charge in [0.25, 0.3) is 0 Å². The highest BCUT2D eigenvalue weighted by Gasteiger charge is 2.22. The molecule has 0 aliphatic carbocycles. The number of ether oxygens (including phenoxy) is 2. The average Bonchev–Trinajstić information content (AvgIpc) is 2.87. The summed E-state index contributed by atoms with van der Waals surface area (Å²) in [7, 11) is 0. The summed E-state index contributed by atoms with van der Waals surface area (Å²) in [5.74, 6) is 1.65. The molecule has 19 heavy (non-hydrogen) atoms. The first-order valence-corrected chi connectivity index (χ1v) is 6.66. The van der Waals surface area contributed by atoms with Crippen LogP contribution in [-0.2, 0) is 4.79 Å². The molecule has 1 aromatic rings. The Balaban J connectivity index is 1.74. The summed E-state index contributed by atoms with van der Waals surface area (Å²) < 4.78 is 10.7. The number of hydrogen-bond donors (Lipinski definition) is 2. The third-order valence-corrected chi connectivity index (χ3v) is 3.69. The standard InChI is InChI=1S/C14H18N2O3/c1-9-6-12-13(19-8-18-12)7-11(9)16-14(17)10-2-4-15-5-3-10/h6-7,10,15H,2-5,8H2,1H3,(H,16,17). The number of fused-ring (bicyclic) bond motifs is 1. The summed E-state index contributed by atoms with van der Waals surface area (Å²) in [5, 5.41) is 6.27. The van der Waals surface area contributed by atoms with Gasteiger partial charge in [0.1, 0.15) is 0 Å². The number of benzene rings is 1. The third kappa shape index (κ3) is 2.51. The monoisotopic (exact) mass is 262 g/mol. The van der Waals surface area contributed by atoms with Gasteiger partial charge in [-0.2, -0.15) is 0 Å². The molecular weight excluding hydrogens is 244 g/mol. The minimum absolute atomic E-state index is 0.100. The van der Waals surface area contributed by atoms with Crippen LogP contribution in [0.3, 0.4) is 0 Å². The first kappa shape index (κ1) is 12.3. The van der Waals surface area contributed by atoms with Crippen molar-refractivity contribution in [2.24, 2.45) is 5.92 Å². The van der Waals surface area contributed by atoms with Crippen molar-refractivity contribution in [3.8, 4) is 11.5 Å². The van der Waals surface area contributed by atoms with Crippen LogP contribution in [0, 0.1) is 12.8 Å². The average molecular weight is 262 g/mol. The number of rotatable bonds is 2. The van der Waals surface area contributed by atoms with Crippen LogP contribution < -0.4 is 20.1 Å². The third-order valence-electron chi connectivity index (χ3n) is 3.69. The lowest BCUT2D eigenvalue weighted by atomic mass is 9.97. The van der Waals surface area contributed by atoms with Crippen LogP contribution >= 0.6 is 0 Å². The molecule has 0 atom stereocenters. The molecule has 2 aliphatic heterocycles. The minimum atomic E-state index is 0.100. The maximum atomic E-state index is 12.2. The van der Waals surface area contributed by atoms with Gasteiger partial charge in [-0.3, -0.25) is 4.79 Å². The van der Waals surface area contributed by atoms with E-state index in [9.17, 15) is 4.79 Å². The van der Waals surface area contributed by atoms with Crippen molar-refractivity contribution in [2.45, 2.75) is 19.8 Å². The zero-order valence-corrected chi connectivity index (χ0v) is 11.0. The van der Waals surface area contributed by atoms with Crippen molar-refractivity contribution in [1.82, 2.24) is 5.32 Å². The van der Waals surface area contributed by atoms with E-state index in [0.717, 1.165) is 42.9 Å². The molecule has 2 N–H and O–H groups in total. The second kappa shape index (κ2) is 5.09. The molecule has 0 radical (unpaired) electrons. The van der Waals surface area contributed by atoms with Crippen molar-refractivity contribution in [3.05, 3.63) is 17.7 Å². The molecule has 0 bridgehead atoms. The van der Waals surface area contributed by atoms with Crippen LogP contribution in [0.15, 0.2) is 12.1 Å². The van der Waals surface area contributed by atoms with Gasteiger partial charge in [-0.05, 0) is 44.5 Å². The van der Waals surface area contributed by atoms with E-state index < -0.39 is 0 Å². The summed E-state index contributed by atoms with van der Waals surface area (Å²) in [6.07, 6.45) is 1.80. The normalized spacial score (nSPS) is 18.4. The van der Waals surface area contributed by atoms with Gasteiger partial charge in [0.05, 0.1) is 0 Å². The Kier molecular flexibility index (Phi) is 3.29. The quantitative estimate of drug-likeness (QED) is 0.851. The highest BCUT2D eigenvalue weighted by molar-refractivity contribution is 5.93. The Hall–Kier alpha value is -1.75. The number of carbonyl (C=O) groups excluding carboxylic acids is 1. The van der Waals surface area contributed by atoms with E-state index in [1.54, 1.807) is 0 Å². The minimum Gasteiger partial charge on any atom is -0.454 e. The molecule has 1 aromatic carbocycles. The maximum absolute atomic E-state index is 12.2. The molecule has 2 aliphatic rings. The van der Waals surface area contributed by atoms with Gasteiger partial charge in [-0.1, -0.05) is 0 Å². The zero-order valence-electron chi connectivity index (χ0n) is 11.0. The lowest BCUT2D eigenvalue weighted by molar-refractivity contribution is -0.120. The molecule has 102 valence electrons. The molecule has 0 unspecified atom stereocenters. The lowest BCUT2D eigenvalue weighted by Gasteiger charge is -2.22. The van der Waals surface area contributed by atoms with Gasteiger partial charge in [0.15, 0.2) is 11.5 Å². The fraction of sp³-hybridized carbons (Fsp3) is 0.500. The fourth-order valence-electron chi connectivity index (χ4n) is 2.50. The second-order valence-corrected chi connectivity index (χ2v) is 5.03. The lowest BCUT2D eigenvalue weighted by Crippen LogP contribution is -2.34. The molecule has 1 fully saturated rings. The van der Waals surface area contributed by atoms with E-state index in [1.165, 1.54) is 0 Å². The Labute approximate surface area is 112 Å². The number of carbonyl (C=O) groups is 1. The first-order valence-electron chi connectivity index (χ1n) is 6.66. The summed E-state index contributed by atoms with van der Waals surface area (Å²) >= 11 is 0. The van der Waals surface area contributed by atoms with Crippen LogP contribution in [0.1, 0.15) is 18.4 Å². The highest BCUT2D eigenvalue weighted by Crippen LogP contribution is 2.36. The van der Waals surface area contributed by atoms with E-state index in [2.05, 4.69) is 10.6 Å². The topological polar surface area (TPSA) is 59.6 Å². The van der Waals surface area contributed by atoms with Gasteiger partial charge in [-0.15, -0.1) is 0 Å². The maximum Gasteiger partial charge on any atom is 0.231 e. The predicted octanol–water partition coefficient (Wildman–Crippen LogP) is 1.66. The molecule has 1 saturated heterocycles. The molecule has 3 rings (SSSR count). The van der Waals surface area contributed by atoms with E-state index >= 15 is 0 Å². The zero-order chi connectivity index (χ0) is 13.2. The molecule has 5 nitrogen and oxygen atoms in total. The van der Waals surface area contributed by atoms with E-state index in [1.807, 2.05) is 19.1 Å². The molecule has 0 aromatic heterocycles. The summed E-state index contributed by atoms with van der Waals surface area (Å²) in [6.45, 7) is 4.04. The van der Waals surface area contributed by atoms with E-state index in [0.29, 0.717) is 5.75 Å². The smallest absolute Gasteiger partial charge is 0.231 e. The van der Waals surface area contributed by atoms with Crippen molar-refractivity contribution >= 4 is 11.6 Å². The number of amides is 1. The van der Waals surface area contributed by atoms with Gasteiger partial charge in [0.2, 0.25) is 12.7 Å². The molecule has 0 spiro atoms. The molecule has 5 heteroatoms. The first-order chi connectivity index (χ1) is 9.24. The Morgan fingerprint density at radius 1 is 1.26 bits per heavy atom. The number of anilines is 1. The molecule has 2 heterocycles. The molecule has 1 amide bonds. The van der Waals surface area contributed by atoms with Crippen molar-refractivity contribution in [2.75, 3.05) is 25.2 Å². The van der Waals surface area contributed by atoms with Crippen molar-refractivity contribution in [3.63, 3.8) is 0 Å². The Morgan fingerprint density at radius 3 is 2.68 bits per heavy atom. The Morgan fingerprint density at radius 2 is 1.95 bits per heavy atom. The van der Waals surface area contributed by atoms with Gasteiger partial charge in [-0.25, -0.2) is 0 Å². The van der Waals surface area contributed by atoms with Crippen molar-refractivity contribution in [1.29, 1.82) is 0 Å². The SMILES string of the molecule is Cc1cc2c(cc1NC(=O)C1CCNCC1)OCO2. The number of nitrogens with one attached hydrogen (secondary N) is 2. The van der Waals surface area contributed by atoms with Crippen LogP contribution in [0.2, 0.25) is 0 Å². The van der Waals surface area contributed by atoms with Gasteiger partial charge >= 0.3 is 0 Å². The largest absolute Gasteiger partial charge is 0.454 e. The van der Waals surface area contributed by atoms with E-state index in [-0.39, 0.29) is 18.6 Å². The molecule has 0 saturated carbocycles. The summed E-state index contributed by atoms with van der Waals surface area (Å²) in [4.78, 5) is 12.2. The number of aryl methyl sites for hydroxylation is 1. The van der Waals surface area contributed by atoms with Crippen LogP contribution in [0.25, 0.3) is 0 Å². The number of hydrogen-bond acceptors (Lipinski definition) is 4. The Bertz CT molecular complexity index is 496. The van der Waals surface area contributed by atoms with Gasteiger partial charge < -0.3 is 20.1 Å². The highest BCUT2D eigenvalue weighted by atomic mass is 16.7. The van der Waals surface area contributed by atoms with Crippen molar-refractivity contribution < 1.29 is 14.3 Å². The van der Waals surface area contributed by atoms with Crippen LogP contribution in [0.4, 0.5) is 5.69 Å².